The fraction of sp³-hybridized carbons (Fsp3) is 0.353. The predicted octanol–water partition coefficient (Wildman–Crippen LogP) is 2.95. The predicted molar refractivity (Wildman–Crippen MR) is 87.1 cm³/mol. The van der Waals surface area contributed by atoms with Crippen LogP contribution < -0.4 is 4.90 Å². The van der Waals surface area contributed by atoms with Crippen molar-refractivity contribution in [2.75, 3.05) is 32.1 Å². The lowest BCUT2D eigenvalue weighted by atomic mass is 10.2. The van der Waals surface area contributed by atoms with Gasteiger partial charge in [-0.05, 0) is 46.2 Å². The van der Waals surface area contributed by atoms with Gasteiger partial charge >= 0.3 is 0 Å². The summed E-state index contributed by atoms with van der Waals surface area (Å²) in [6.07, 6.45) is 2.92. The van der Waals surface area contributed by atoms with Crippen molar-refractivity contribution in [3.63, 3.8) is 0 Å². The summed E-state index contributed by atoms with van der Waals surface area (Å²) in [6.45, 7) is 8.66. The van der Waals surface area contributed by atoms with Gasteiger partial charge in [0.2, 0.25) is 0 Å². The normalized spacial score (nSPS) is 11.4. The van der Waals surface area contributed by atoms with Crippen LogP contribution >= 0.6 is 0 Å². The Bertz CT molecular complexity index is 504. The van der Waals surface area contributed by atoms with E-state index in [0.717, 1.165) is 17.8 Å². The van der Waals surface area contributed by atoms with Crippen molar-refractivity contribution in [1.82, 2.24) is 4.90 Å². The molecule has 0 fully saturated rings. The number of likely N-dealkylation sites (N-methyl/N-ethyl adjacent to an activating group) is 1. The van der Waals surface area contributed by atoms with Crippen molar-refractivity contribution < 1.29 is 9.53 Å². The number of amides is 1. The highest BCUT2D eigenvalue weighted by atomic mass is 16.5. The lowest BCUT2D eigenvalue weighted by molar-refractivity contribution is -0.117. The zero-order valence-electron chi connectivity index (χ0n) is 13.3. The maximum absolute atomic E-state index is 12.6. The number of aryl methyl sites for hydroxylation is 1. The van der Waals surface area contributed by atoms with E-state index in [-0.39, 0.29) is 11.7 Å². The number of hydrogen-bond donors (Lipinski definition) is 0. The van der Waals surface area contributed by atoms with Gasteiger partial charge in [-0.25, -0.2) is 0 Å². The van der Waals surface area contributed by atoms with Crippen LogP contribution in [0.4, 0.5) is 5.69 Å². The number of allylic oxidation sites excluding steroid dienone is 1. The lowest BCUT2D eigenvalue weighted by Gasteiger charge is -2.25. The van der Waals surface area contributed by atoms with E-state index in [9.17, 15) is 4.79 Å². The topological polar surface area (TPSA) is 32.8 Å². The monoisotopic (exact) mass is 288 g/mol. The van der Waals surface area contributed by atoms with Gasteiger partial charge in [0, 0.05) is 18.8 Å². The summed E-state index contributed by atoms with van der Waals surface area (Å²) in [5.41, 5.74) is 2.02. The second-order valence-corrected chi connectivity index (χ2v) is 5.03. The van der Waals surface area contributed by atoms with Crippen LogP contribution in [0.1, 0.15) is 12.5 Å². The van der Waals surface area contributed by atoms with Crippen molar-refractivity contribution in [3.8, 4) is 0 Å². The molecule has 0 aliphatic carbocycles. The molecule has 0 aliphatic heterocycles. The van der Waals surface area contributed by atoms with E-state index in [0.29, 0.717) is 6.54 Å². The zero-order valence-corrected chi connectivity index (χ0v) is 13.3. The summed E-state index contributed by atoms with van der Waals surface area (Å²) in [7, 11) is 3.96. The minimum atomic E-state index is -0.164. The van der Waals surface area contributed by atoms with E-state index in [1.54, 1.807) is 17.9 Å². The summed E-state index contributed by atoms with van der Waals surface area (Å²) in [4.78, 5) is 16.4. The fourth-order valence-electron chi connectivity index (χ4n) is 1.84. The van der Waals surface area contributed by atoms with Crippen LogP contribution in [0.15, 0.2) is 48.9 Å². The standard InChI is InChI=1S/C17H24N2O2/c1-6-16(21-7-2)17(20)19(13-12-18(4)5)15-10-8-14(3)9-11-15/h6-11H,2,12-13H2,1,3-5H3/b16-6-. The van der Waals surface area contributed by atoms with Gasteiger partial charge in [0.05, 0.1) is 6.26 Å². The third kappa shape index (κ3) is 5.08. The van der Waals surface area contributed by atoms with Crippen molar-refractivity contribution in [3.05, 3.63) is 54.5 Å². The third-order valence-electron chi connectivity index (χ3n) is 3.04. The summed E-state index contributed by atoms with van der Waals surface area (Å²) >= 11 is 0. The Morgan fingerprint density at radius 3 is 2.33 bits per heavy atom. The minimum absolute atomic E-state index is 0.164. The molecule has 4 nitrogen and oxygen atoms in total. The second kappa shape index (κ2) is 8.27. The van der Waals surface area contributed by atoms with E-state index in [1.165, 1.54) is 6.26 Å². The molecule has 0 heterocycles. The van der Waals surface area contributed by atoms with Crippen LogP contribution in [0, 0.1) is 6.92 Å². The molecule has 0 N–H and O–H groups in total. The second-order valence-electron chi connectivity index (χ2n) is 5.03. The van der Waals surface area contributed by atoms with Crippen molar-refractivity contribution >= 4 is 11.6 Å². The molecular weight excluding hydrogens is 264 g/mol. The number of nitrogens with zero attached hydrogens (tertiary/aromatic N) is 2. The zero-order chi connectivity index (χ0) is 15.8. The number of anilines is 1. The molecule has 114 valence electrons. The average molecular weight is 288 g/mol. The van der Waals surface area contributed by atoms with Crippen molar-refractivity contribution in [2.24, 2.45) is 0 Å². The molecule has 0 aliphatic rings. The molecule has 1 aromatic rings. The Kier molecular flexibility index (Phi) is 6.69. The van der Waals surface area contributed by atoms with Crippen molar-refractivity contribution in [1.29, 1.82) is 0 Å². The van der Waals surface area contributed by atoms with Gasteiger partial charge in [0.25, 0.3) is 5.91 Å². The van der Waals surface area contributed by atoms with Gasteiger partial charge in [0.1, 0.15) is 0 Å². The molecule has 0 bridgehead atoms. The molecule has 21 heavy (non-hydrogen) atoms. The van der Waals surface area contributed by atoms with Gasteiger partial charge in [-0.15, -0.1) is 0 Å². The van der Waals surface area contributed by atoms with Crippen LogP contribution in [-0.2, 0) is 9.53 Å². The molecule has 0 aromatic heterocycles. The van der Waals surface area contributed by atoms with Gasteiger partial charge in [0.15, 0.2) is 5.76 Å². The molecule has 4 heteroatoms. The first-order chi connectivity index (χ1) is 9.99. The van der Waals surface area contributed by atoms with Crippen molar-refractivity contribution in [2.45, 2.75) is 13.8 Å². The minimum Gasteiger partial charge on any atom is -0.460 e. The Hall–Kier alpha value is -2.07. The number of ether oxygens (including phenoxy) is 1. The van der Waals surface area contributed by atoms with Gasteiger partial charge in [-0.2, -0.15) is 0 Å². The quantitative estimate of drug-likeness (QED) is 0.571. The van der Waals surface area contributed by atoms with E-state index in [4.69, 9.17) is 4.74 Å². The molecule has 0 radical (unpaired) electrons. The largest absolute Gasteiger partial charge is 0.460 e. The number of carbonyl (C=O) groups is 1. The van der Waals surface area contributed by atoms with Gasteiger partial charge in [-0.3, -0.25) is 4.79 Å². The summed E-state index contributed by atoms with van der Waals surface area (Å²) in [5.74, 6) is 0.118. The van der Waals surface area contributed by atoms with Gasteiger partial charge in [-0.1, -0.05) is 24.3 Å². The van der Waals surface area contributed by atoms with Crippen LogP contribution in [0.5, 0.6) is 0 Å². The molecule has 0 atom stereocenters. The van der Waals surface area contributed by atoms with E-state index < -0.39 is 0 Å². The molecule has 0 unspecified atom stereocenters. The maximum Gasteiger partial charge on any atom is 0.293 e. The van der Waals surface area contributed by atoms with Crippen LogP contribution in [0.3, 0.4) is 0 Å². The molecular formula is C17H24N2O2. The Morgan fingerprint density at radius 2 is 1.86 bits per heavy atom. The maximum atomic E-state index is 12.6. The Balaban J connectivity index is 3.03. The highest BCUT2D eigenvalue weighted by molar-refractivity contribution is 6.04. The smallest absolute Gasteiger partial charge is 0.293 e. The van der Waals surface area contributed by atoms with Crippen LogP contribution in [0.2, 0.25) is 0 Å². The number of carbonyl (C=O) groups excluding carboxylic acids is 1. The first kappa shape index (κ1) is 17.0. The summed E-state index contributed by atoms with van der Waals surface area (Å²) < 4.78 is 5.21. The molecule has 0 saturated carbocycles. The number of benzene rings is 1. The lowest BCUT2D eigenvalue weighted by Crippen LogP contribution is -2.37. The molecule has 0 saturated heterocycles. The first-order valence-corrected chi connectivity index (χ1v) is 6.96. The Morgan fingerprint density at radius 1 is 1.24 bits per heavy atom. The van der Waals surface area contributed by atoms with Crippen LogP contribution in [0.25, 0.3) is 0 Å². The highest BCUT2D eigenvalue weighted by Crippen LogP contribution is 2.18. The molecule has 0 spiro atoms. The summed E-state index contributed by atoms with van der Waals surface area (Å²) in [5, 5.41) is 0. The highest BCUT2D eigenvalue weighted by Gasteiger charge is 2.20. The SMILES string of the molecule is C=CO/C(=C\C)C(=O)N(CCN(C)C)c1ccc(C)cc1. The van der Waals surface area contributed by atoms with Gasteiger partial charge < -0.3 is 14.5 Å². The molecule has 1 aromatic carbocycles. The average Bonchev–Trinajstić information content (AvgIpc) is 2.46. The number of rotatable bonds is 7. The third-order valence-corrected chi connectivity index (χ3v) is 3.04. The van der Waals surface area contributed by atoms with Crippen LogP contribution in [-0.4, -0.2) is 38.0 Å². The van der Waals surface area contributed by atoms with E-state index in [2.05, 4.69) is 6.58 Å². The first-order valence-electron chi connectivity index (χ1n) is 6.96. The Labute approximate surface area is 127 Å². The molecule has 1 rings (SSSR count). The van der Waals surface area contributed by atoms with E-state index in [1.807, 2.05) is 50.2 Å². The fourth-order valence-corrected chi connectivity index (χ4v) is 1.84. The summed E-state index contributed by atoms with van der Waals surface area (Å²) in [6, 6.07) is 7.89. The molecule has 1 amide bonds. The number of hydrogen-bond acceptors (Lipinski definition) is 3. The van der Waals surface area contributed by atoms with E-state index >= 15 is 0 Å².